The van der Waals surface area contributed by atoms with Gasteiger partial charge in [0.25, 0.3) is 0 Å². The van der Waals surface area contributed by atoms with Crippen molar-refractivity contribution in [3.05, 3.63) is 28.8 Å². The molecule has 86 valence electrons. The van der Waals surface area contributed by atoms with E-state index in [9.17, 15) is 9.59 Å². The molecule has 1 aromatic rings. The van der Waals surface area contributed by atoms with Crippen molar-refractivity contribution >= 4 is 23.9 Å². The number of aliphatic carboxylic acids is 1. The first-order valence-electron chi connectivity index (χ1n) is 4.40. The average Bonchev–Trinajstić information content (AvgIpc) is 2.26. The Balaban J connectivity index is 2.68. The highest BCUT2D eigenvalue weighted by Crippen LogP contribution is 2.24. The van der Waals surface area contributed by atoms with Gasteiger partial charge in [-0.15, -0.1) is 0 Å². The summed E-state index contributed by atoms with van der Waals surface area (Å²) in [5, 5.41) is 8.77. The lowest BCUT2D eigenvalue weighted by Crippen LogP contribution is -2.36. The number of carboxylic acids is 1. The normalized spacial score (nSPS) is 11.9. The van der Waals surface area contributed by atoms with Gasteiger partial charge in [0.1, 0.15) is 24.7 Å². The predicted octanol–water partition coefficient (Wildman–Crippen LogP) is 0.943. The summed E-state index contributed by atoms with van der Waals surface area (Å²) in [4.78, 5) is 20.8. The molecule has 0 fully saturated rings. The van der Waals surface area contributed by atoms with Gasteiger partial charge in [-0.2, -0.15) is 0 Å². The molecule has 0 saturated carbocycles. The van der Waals surface area contributed by atoms with Crippen molar-refractivity contribution in [1.29, 1.82) is 0 Å². The minimum atomic E-state index is -1.15. The van der Waals surface area contributed by atoms with Crippen LogP contribution < -0.4 is 10.5 Å². The van der Waals surface area contributed by atoms with Crippen molar-refractivity contribution in [2.24, 2.45) is 5.73 Å². The zero-order valence-electron chi connectivity index (χ0n) is 8.22. The van der Waals surface area contributed by atoms with E-state index in [2.05, 4.69) is 0 Å². The molecule has 0 spiro atoms. The number of nitrogens with two attached hydrogens (primary N) is 1. The maximum atomic E-state index is 10.4. The molecule has 0 aliphatic rings. The second-order valence-corrected chi connectivity index (χ2v) is 3.47. The summed E-state index contributed by atoms with van der Waals surface area (Å²) >= 11 is 5.80. The van der Waals surface area contributed by atoms with Gasteiger partial charge in [-0.25, -0.2) is 0 Å². The Morgan fingerprint density at radius 3 is 2.81 bits per heavy atom. The lowest BCUT2D eigenvalue weighted by atomic mass is 10.2. The van der Waals surface area contributed by atoms with E-state index in [1.807, 2.05) is 0 Å². The Morgan fingerprint density at radius 1 is 1.62 bits per heavy atom. The Bertz CT molecular complexity index is 408. The molecule has 0 aliphatic carbocycles. The zero-order valence-corrected chi connectivity index (χ0v) is 8.98. The largest absolute Gasteiger partial charge is 0.490 e. The van der Waals surface area contributed by atoms with Gasteiger partial charge in [-0.1, -0.05) is 11.6 Å². The number of aldehydes is 1. The van der Waals surface area contributed by atoms with Crippen LogP contribution in [0.1, 0.15) is 10.4 Å². The van der Waals surface area contributed by atoms with Gasteiger partial charge < -0.3 is 15.6 Å². The van der Waals surface area contributed by atoms with Crippen molar-refractivity contribution in [1.82, 2.24) is 0 Å². The SMILES string of the molecule is NC(COc1ccc(C=O)cc1Cl)C(=O)O. The molecule has 0 amide bonds. The van der Waals surface area contributed by atoms with E-state index in [0.717, 1.165) is 0 Å². The van der Waals surface area contributed by atoms with Crippen molar-refractivity contribution in [2.75, 3.05) is 6.61 Å². The van der Waals surface area contributed by atoms with Gasteiger partial charge in [0, 0.05) is 5.56 Å². The van der Waals surface area contributed by atoms with Crippen LogP contribution in [0, 0.1) is 0 Å². The van der Waals surface area contributed by atoms with Gasteiger partial charge >= 0.3 is 5.97 Å². The Kier molecular flexibility index (Phi) is 4.28. The van der Waals surface area contributed by atoms with Crippen molar-refractivity contribution in [2.45, 2.75) is 6.04 Å². The molecular weight excluding hydrogens is 234 g/mol. The molecule has 0 bridgehead atoms. The van der Waals surface area contributed by atoms with Gasteiger partial charge in [0.2, 0.25) is 0 Å². The number of hydrogen-bond donors (Lipinski definition) is 2. The zero-order chi connectivity index (χ0) is 12.1. The first-order chi connectivity index (χ1) is 7.54. The summed E-state index contributed by atoms with van der Waals surface area (Å²) in [5.74, 6) is -0.857. The molecule has 1 unspecified atom stereocenters. The van der Waals surface area contributed by atoms with E-state index in [0.29, 0.717) is 17.6 Å². The number of halogens is 1. The van der Waals surface area contributed by atoms with E-state index in [-0.39, 0.29) is 11.6 Å². The fourth-order valence-corrected chi connectivity index (χ4v) is 1.20. The van der Waals surface area contributed by atoms with Crippen LogP contribution in [0.25, 0.3) is 0 Å². The maximum absolute atomic E-state index is 10.4. The maximum Gasteiger partial charge on any atom is 0.324 e. The van der Waals surface area contributed by atoms with Crippen molar-refractivity contribution < 1.29 is 19.4 Å². The first-order valence-corrected chi connectivity index (χ1v) is 4.78. The predicted molar refractivity (Wildman–Crippen MR) is 57.9 cm³/mol. The molecule has 16 heavy (non-hydrogen) atoms. The Labute approximate surface area is 96.8 Å². The third kappa shape index (κ3) is 3.22. The van der Waals surface area contributed by atoms with Gasteiger partial charge in [-0.05, 0) is 18.2 Å². The molecule has 0 radical (unpaired) electrons. The van der Waals surface area contributed by atoms with Crippen molar-refractivity contribution in [3.8, 4) is 5.75 Å². The van der Waals surface area contributed by atoms with Gasteiger partial charge in [-0.3, -0.25) is 9.59 Å². The molecule has 6 heteroatoms. The third-order valence-corrected chi connectivity index (χ3v) is 2.12. The number of carbonyl (C=O) groups excluding carboxylic acids is 1. The summed E-state index contributed by atoms with van der Waals surface area (Å²) in [6.07, 6.45) is 0.651. The summed E-state index contributed by atoms with van der Waals surface area (Å²) in [5.41, 5.74) is 5.66. The highest BCUT2D eigenvalue weighted by Gasteiger charge is 2.13. The molecule has 1 aromatic carbocycles. The number of benzene rings is 1. The van der Waals surface area contributed by atoms with Crippen LogP contribution >= 0.6 is 11.6 Å². The van der Waals surface area contributed by atoms with Crippen molar-refractivity contribution in [3.63, 3.8) is 0 Å². The summed E-state index contributed by atoms with van der Waals surface area (Å²) in [7, 11) is 0. The van der Waals surface area contributed by atoms with Gasteiger partial charge in [0.15, 0.2) is 0 Å². The Hall–Kier alpha value is -1.59. The fraction of sp³-hybridized carbons (Fsp3) is 0.200. The summed E-state index contributed by atoms with van der Waals surface area (Å²) < 4.78 is 5.11. The molecule has 0 saturated heterocycles. The standard InChI is InChI=1S/C10H10ClNO4/c11-7-3-6(4-13)1-2-9(7)16-5-8(12)10(14)15/h1-4,8H,5,12H2,(H,14,15). The summed E-state index contributed by atoms with van der Waals surface area (Å²) in [6.45, 7) is -0.185. The lowest BCUT2D eigenvalue weighted by molar-refractivity contribution is -0.139. The third-order valence-electron chi connectivity index (χ3n) is 1.83. The Morgan fingerprint density at radius 2 is 2.31 bits per heavy atom. The molecule has 0 heterocycles. The average molecular weight is 244 g/mol. The molecule has 5 nitrogen and oxygen atoms in total. The van der Waals surface area contributed by atoms with Crippen LogP contribution in [0.15, 0.2) is 18.2 Å². The van der Waals surface area contributed by atoms with E-state index in [1.54, 1.807) is 0 Å². The van der Waals surface area contributed by atoms with E-state index in [4.69, 9.17) is 27.2 Å². The minimum absolute atomic E-state index is 0.185. The van der Waals surface area contributed by atoms with Crippen LogP contribution in [0.2, 0.25) is 5.02 Å². The van der Waals surface area contributed by atoms with E-state index < -0.39 is 12.0 Å². The highest BCUT2D eigenvalue weighted by atomic mass is 35.5. The number of carbonyl (C=O) groups is 2. The van der Waals surface area contributed by atoms with E-state index in [1.165, 1.54) is 18.2 Å². The topological polar surface area (TPSA) is 89.6 Å². The number of hydrogen-bond acceptors (Lipinski definition) is 4. The van der Waals surface area contributed by atoms with E-state index >= 15 is 0 Å². The quantitative estimate of drug-likeness (QED) is 0.752. The molecular formula is C10H10ClNO4. The molecule has 0 aliphatic heterocycles. The van der Waals surface area contributed by atoms with Crippen LogP contribution in [0.5, 0.6) is 5.75 Å². The highest BCUT2D eigenvalue weighted by molar-refractivity contribution is 6.32. The molecule has 1 rings (SSSR count). The fourth-order valence-electron chi connectivity index (χ4n) is 0.958. The van der Waals surface area contributed by atoms with Crippen LogP contribution in [0.3, 0.4) is 0 Å². The van der Waals surface area contributed by atoms with Gasteiger partial charge in [0.05, 0.1) is 5.02 Å². The second kappa shape index (κ2) is 5.48. The smallest absolute Gasteiger partial charge is 0.324 e. The molecule has 0 aromatic heterocycles. The lowest BCUT2D eigenvalue weighted by Gasteiger charge is -2.10. The number of carboxylic acid groups (broad SMARTS) is 1. The molecule has 3 N–H and O–H groups in total. The minimum Gasteiger partial charge on any atom is -0.490 e. The second-order valence-electron chi connectivity index (χ2n) is 3.06. The molecule has 1 atom stereocenters. The monoisotopic (exact) mass is 243 g/mol. The number of rotatable bonds is 5. The number of ether oxygens (including phenoxy) is 1. The first kappa shape index (κ1) is 12.5. The van der Waals surface area contributed by atoms with Crippen LogP contribution in [-0.4, -0.2) is 30.0 Å². The van der Waals surface area contributed by atoms with Crippen LogP contribution in [-0.2, 0) is 4.79 Å². The van der Waals surface area contributed by atoms with Crippen LogP contribution in [0.4, 0.5) is 0 Å². The summed E-state index contributed by atoms with van der Waals surface area (Å²) in [6, 6.07) is 3.32.